The number of thioether (sulfide) groups is 2. The van der Waals surface area contributed by atoms with E-state index >= 15 is 0 Å². The molecule has 0 aliphatic carbocycles. The molecule has 108 valence electrons. The molecule has 9 heteroatoms. The van der Waals surface area contributed by atoms with Crippen LogP contribution in [0.4, 0.5) is 0 Å². The first-order chi connectivity index (χ1) is 9.47. The third-order valence-corrected chi connectivity index (χ3v) is 5.43. The Kier molecular flexibility index (Phi) is 6.86. The van der Waals surface area contributed by atoms with Crippen molar-refractivity contribution in [3.63, 3.8) is 0 Å². The van der Waals surface area contributed by atoms with Crippen LogP contribution < -0.4 is 40.0 Å². The second-order valence-electron chi connectivity index (χ2n) is 4.14. The van der Waals surface area contributed by atoms with E-state index in [9.17, 15) is 19.5 Å². The molecule has 2 amide bonds. The van der Waals surface area contributed by atoms with Crippen LogP contribution in [0.25, 0.3) is 0 Å². The zero-order chi connectivity index (χ0) is 14.9. The van der Waals surface area contributed by atoms with E-state index in [-0.39, 0.29) is 52.4 Å². The van der Waals surface area contributed by atoms with E-state index in [0.29, 0.717) is 22.1 Å². The Morgan fingerprint density at radius 3 is 2.71 bits per heavy atom. The van der Waals surface area contributed by atoms with E-state index < -0.39 is 5.97 Å². The quantitative estimate of drug-likeness (QED) is 0.244. The summed E-state index contributed by atoms with van der Waals surface area (Å²) in [5, 5.41) is 13.6. The van der Waals surface area contributed by atoms with Gasteiger partial charge in [0.15, 0.2) is 0 Å². The predicted octanol–water partition coefficient (Wildman–Crippen LogP) is -3.36. The number of carboxylic acid groups (broad SMARTS) is 1. The van der Waals surface area contributed by atoms with Gasteiger partial charge in [-0.2, -0.15) is 0 Å². The molecule has 1 N–H and O–H groups in total. The summed E-state index contributed by atoms with van der Waals surface area (Å²) in [6, 6.07) is 0. The fourth-order valence-corrected chi connectivity index (χ4v) is 4.61. The number of aliphatic carboxylic acids is 1. The summed E-state index contributed by atoms with van der Waals surface area (Å²) in [5.41, 5.74) is 0.564. The maximum atomic E-state index is 11.8. The molecule has 0 bridgehead atoms. The van der Waals surface area contributed by atoms with Crippen LogP contribution >= 0.6 is 23.5 Å². The second-order valence-corrected chi connectivity index (χ2v) is 6.60. The smallest absolute Gasteiger partial charge is 0.543 e. The number of fused-ring (bicyclic) bond motifs is 1. The van der Waals surface area contributed by atoms with E-state index in [4.69, 9.17) is 0 Å². The summed E-state index contributed by atoms with van der Waals surface area (Å²) in [6.07, 6.45) is 1.70. The van der Waals surface area contributed by atoms with Gasteiger partial charge in [0.05, 0.1) is 15.9 Å². The number of β-lactam (4-membered cyclic amide) rings is 1. The van der Waals surface area contributed by atoms with Gasteiger partial charge < -0.3 is 15.2 Å². The van der Waals surface area contributed by atoms with Crippen LogP contribution in [-0.2, 0) is 14.4 Å². The minimum absolute atomic E-state index is 0. The number of amides is 2. The van der Waals surface area contributed by atoms with Crippen LogP contribution in [0, 0.1) is 0 Å². The number of nitrogens with zero attached hydrogens (tertiary/aromatic N) is 1. The Morgan fingerprint density at radius 2 is 2.19 bits per heavy atom. The molecular weight excluding hydrogens is 323 g/mol. The molecular formula is C12H13N2NaO4S2. The molecule has 0 aromatic rings. The molecule has 0 saturated carbocycles. The third-order valence-electron chi connectivity index (χ3n) is 2.83. The molecule has 21 heavy (non-hydrogen) atoms. The molecule has 2 rings (SSSR count). The minimum atomic E-state index is -1.34. The van der Waals surface area contributed by atoms with Crippen LogP contribution in [-0.4, -0.2) is 40.4 Å². The Labute approximate surface area is 153 Å². The molecule has 0 aromatic heterocycles. The van der Waals surface area contributed by atoms with E-state index in [1.807, 2.05) is 0 Å². The van der Waals surface area contributed by atoms with Gasteiger partial charge in [0.1, 0.15) is 5.37 Å². The molecule has 2 heterocycles. The molecule has 0 spiro atoms. The molecule has 1 unspecified atom stereocenters. The number of hydrogen-bond donors (Lipinski definition) is 1. The van der Waals surface area contributed by atoms with Crippen molar-refractivity contribution >= 4 is 41.3 Å². The zero-order valence-corrected chi connectivity index (χ0v) is 15.6. The first-order valence-electron chi connectivity index (χ1n) is 5.96. The first kappa shape index (κ1) is 18.6. The molecule has 1 fully saturated rings. The molecule has 0 radical (unpaired) electrons. The zero-order valence-electron chi connectivity index (χ0n) is 12.0. The van der Waals surface area contributed by atoms with Gasteiger partial charge in [-0.15, -0.1) is 11.8 Å². The van der Waals surface area contributed by atoms with Crippen LogP contribution in [0.1, 0.15) is 13.8 Å². The maximum Gasteiger partial charge on any atom is 1.00 e. The van der Waals surface area contributed by atoms with Crippen LogP contribution in [0.2, 0.25) is 0 Å². The molecule has 6 nitrogen and oxygen atoms in total. The molecule has 1 saturated heterocycles. The number of rotatable bonds is 5. The van der Waals surface area contributed by atoms with Gasteiger partial charge in [-0.25, -0.2) is 0 Å². The molecule has 2 aliphatic rings. The van der Waals surface area contributed by atoms with Crippen molar-refractivity contribution in [3.8, 4) is 0 Å². The topological polar surface area (TPSA) is 89.5 Å². The van der Waals surface area contributed by atoms with Crippen molar-refractivity contribution in [1.29, 1.82) is 0 Å². The van der Waals surface area contributed by atoms with Gasteiger partial charge in [-0.3, -0.25) is 14.5 Å². The van der Waals surface area contributed by atoms with Gasteiger partial charge in [-0.1, -0.05) is 17.8 Å². The van der Waals surface area contributed by atoms with Crippen LogP contribution in [0.15, 0.2) is 21.6 Å². The SMILES string of the molecule is CC=C1C(=O)N2C(C(=O)[O-])=C(SCCNC(C)=O)SC12.[Na+]. The number of carbonyl (C=O) groups excluding carboxylic acids is 3. The standard InChI is InChI=1S/C12H14N2O4S2.Na/c1-3-7-9(16)14-8(11(17)18)12(20-10(7)14)19-5-4-13-6(2)15;/h3,10H,4-5H2,1-2H3,(H,13,15)(H,17,18);/q;+1/p-1. The fraction of sp³-hybridized carbons (Fsp3) is 0.417. The van der Waals surface area contributed by atoms with Crippen molar-refractivity contribution in [1.82, 2.24) is 10.2 Å². The summed E-state index contributed by atoms with van der Waals surface area (Å²) < 4.78 is 0.561. The second kappa shape index (κ2) is 7.73. The summed E-state index contributed by atoms with van der Waals surface area (Å²) in [5.74, 6) is -1.21. The van der Waals surface area contributed by atoms with Crippen LogP contribution in [0.3, 0.4) is 0 Å². The van der Waals surface area contributed by atoms with E-state index in [2.05, 4.69) is 5.32 Å². The Balaban J connectivity index is 0.00000220. The Morgan fingerprint density at radius 1 is 1.52 bits per heavy atom. The first-order valence-corrected chi connectivity index (χ1v) is 7.83. The normalized spacial score (nSPS) is 21.8. The maximum absolute atomic E-state index is 11.8. The van der Waals surface area contributed by atoms with Gasteiger partial charge in [0, 0.05) is 24.8 Å². The van der Waals surface area contributed by atoms with E-state index in [0.717, 1.165) is 0 Å². The average molecular weight is 336 g/mol. The number of carbonyl (C=O) groups is 3. The minimum Gasteiger partial charge on any atom is -0.543 e. The summed E-state index contributed by atoms with van der Waals surface area (Å²) in [4.78, 5) is 35.0. The van der Waals surface area contributed by atoms with Crippen molar-refractivity contribution < 1.29 is 49.0 Å². The monoisotopic (exact) mass is 336 g/mol. The largest absolute Gasteiger partial charge is 1.00 e. The number of hydrogen-bond acceptors (Lipinski definition) is 6. The number of nitrogens with one attached hydrogen (secondary N) is 1. The van der Waals surface area contributed by atoms with E-state index in [1.165, 1.54) is 35.3 Å². The van der Waals surface area contributed by atoms with Crippen molar-refractivity contribution in [2.45, 2.75) is 19.2 Å². The van der Waals surface area contributed by atoms with Crippen molar-refractivity contribution in [3.05, 3.63) is 21.6 Å². The predicted molar refractivity (Wildman–Crippen MR) is 75.2 cm³/mol. The Bertz CT molecular complexity index is 547. The molecule has 2 aliphatic heterocycles. The third kappa shape index (κ3) is 3.68. The van der Waals surface area contributed by atoms with Crippen LogP contribution in [0.5, 0.6) is 0 Å². The summed E-state index contributed by atoms with van der Waals surface area (Å²) in [6.45, 7) is 3.62. The van der Waals surface area contributed by atoms with Gasteiger partial charge in [-0.05, 0) is 6.92 Å². The molecule has 0 aromatic carbocycles. The fourth-order valence-electron chi connectivity index (χ4n) is 1.94. The average Bonchev–Trinajstić information content (AvgIpc) is 2.70. The number of carboxylic acids is 1. The Hall–Kier alpha value is -0.410. The van der Waals surface area contributed by atoms with E-state index in [1.54, 1.807) is 13.0 Å². The van der Waals surface area contributed by atoms with Gasteiger partial charge in [0.2, 0.25) is 5.91 Å². The summed E-state index contributed by atoms with van der Waals surface area (Å²) in [7, 11) is 0. The molecule has 1 atom stereocenters. The summed E-state index contributed by atoms with van der Waals surface area (Å²) >= 11 is 2.65. The van der Waals surface area contributed by atoms with Gasteiger partial charge in [0.25, 0.3) is 5.91 Å². The van der Waals surface area contributed by atoms with Crippen molar-refractivity contribution in [2.24, 2.45) is 0 Å². The van der Waals surface area contributed by atoms with Crippen molar-refractivity contribution in [2.75, 3.05) is 12.3 Å². The number of allylic oxidation sites excluding steroid dienone is 1. The van der Waals surface area contributed by atoms with Gasteiger partial charge >= 0.3 is 29.6 Å².